The molecule has 1 saturated heterocycles. The molecule has 0 aromatic heterocycles. The summed E-state index contributed by atoms with van der Waals surface area (Å²) in [4.78, 5) is 14.8. The van der Waals surface area contributed by atoms with E-state index in [9.17, 15) is 4.79 Å². The fourth-order valence-corrected chi connectivity index (χ4v) is 4.55. The van der Waals surface area contributed by atoms with Gasteiger partial charge < -0.3 is 15.0 Å². The number of methoxy groups -OCH3 is 1. The third-order valence-corrected chi connectivity index (χ3v) is 6.46. The molecule has 1 aliphatic rings. The lowest BCUT2D eigenvalue weighted by molar-refractivity contribution is -0.119. The number of hydrogen-bond acceptors (Lipinski definition) is 4. The van der Waals surface area contributed by atoms with Crippen molar-refractivity contribution in [3.05, 3.63) is 59.7 Å². The van der Waals surface area contributed by atoms with Gasteiger partial charge in [0.05, 0.1) is 18.9 Å². The molecule has 1 heterocycles. The van der Waals surface area contributed by atoms with Crippen molar-refractivity contribution in [3.8, 4) is 5.75 Å². The molecule has 2 atom stereocenters. The molecule has 2 unspecified atom stereocenters. The van der Waals surface area contributed by atoms with Crippen LogP contribution >= 0.6 is 11.8 Å². The standard InChI is InChI=1S/C24H32N2O2S/c1-18-5-4-14-26(15-18)22-10-8-21(9-11-22)19(2)25-24(27)17-29-16-20-6-12-23(28-3)13-7-20/h6-13,18-19H,4-5,14-17H2,1-3H3,(H,25,27). The molecule has 156 valence electrons. The zero-order valence-corrected chi connectivity index (χ0v) is 18.5. The van der Waals surface area contributed by atoms with Crippen molar-refractivity contribution in [2.75, 3.05) is 30.9 Å². The number of benzene rings is 2. The van der Waals surface area contributed by atoms with E-state index >= 15 is 0 Å². The molecule has 0 aliphatic carbocycles. The van der Waals surface area contributed by atoms with Crippen LogP contribution < -0.4 is 15.0 Å². The molecular weight excluding hydrogens is 380 g/mol. The highest BCUT2D eigenvalue weighted by Crippen LogP contribution is 2.25. The topological polar surface area (TPSA) is 41.6 Å². The van der Waals surface area contributed by atoms with Crippen LogP contribution in [0, 0.1) is 5.92 Å². The van der Waals surface area contributed by atoms with E-state index in [0.717, 1.165) is 36.1 Å². The van der Waals surface area contributed by atoms with Crippen molar-refractivity contribution in [2.24, 2.45) is 5.92 Å². The maximum absolute atomic E-state index is 12.3. The van der Waals surface area contributed by atoms with E-state index in [1.54, 1.807) is 18.9 Å². The van der Waals surface area contributed by atoms with E-state index in [1.807, 2.05) is 31.2 Å². The molecular formula is C24H32N2O2S. The summed E-state index contributed by atoms with van der Waals surface area (Å²) >= 11 is 1.63. The first-order valence-electron chi connectivity index (χ1n) is 10.4. The summed E-state index contributed by atoms with van der Waals surface area (Å²) in [6.45, 7) is 6.65. The molecule has 0 bridgehead atoms. The van der Waals surface area contributed by atoms with Crippen molar-refractivity contribution < 1.29 is 9.53 Å². The maximum Gasteiger partial charge on any atom is 0.230 e. The first-order chi connectivity index (χ1) is 14.0. The lowest BCUT2D eigenvalue weighted by Gasteiger charge is -2.33. The molecule has 29 heavy (non-hydrogen) atoms. The predicted octanol–water partition coefficient (Wildman–Crippen LogP) is 5.04. The number of carbonyl (C=O) groups is 1. The van der Waals surface area contributed by atoms with Gasteiger partial charge in [0, 0.05) is 24.5 Å². The molecule has 2 aromatic carbocycles. The van der Waals surface area contributed by atoms with Gasteiger partial charge in [-0.3, -0.25) is 4.79 Å². The van der Waals surface area contributed by atoms with Gasteiger partial charge in [-0.2, -0.15) is 0 Å². The number of rotatable bonds is 8. The minimum atomic E-state index is 0.0124. The Morgan fingerprint density at radius 1 is 1.21 bits per heavy atom. The molecule has 4 nitrogen and oxygen atoms in total. The van der Waals surface area contributed by atoms with Crippen molar-refractivity contribution in [3.63, 3.8) is 0 Å². The molecule has 2 aromatic rings. The summed E-state index contributed by atoms with van der Waals surface area (Å²) in [5.74, 6) is 2.96. The number of carbonyl (C=O) groups excluding carboxylic acids is 1. The normalized spacial score (nSPS) is 17.6. The van der Waals surface area contributed by atoms with E-state index in [1.165, 1.54) is 24.1 Å². The van der Waals surface area contributed by atoms with Crippen LogP contribution in [0.5, 0.6) is 5.75 Å². The minimum absolute atomic E-state index is 0.0124. The molecule has 0 spiro atoms. The highest BCUT2D eigenvalue weighted by molar-refractivity contribution is 7.99. The second kappa shape index (κ2) is 10.6. The van der Waals surface area contributed by atoms with Gasteiger partial charge in [-0.1, -0.05) is 31.2 Å². The van der Waals surface area contributed by atoms with Crippen LogP contribution in [0.15, 0.2) is 48.5 Å². The van der Waals surface area contributed by atoms with Crippen LogP contribution in [0.25, 0.3) is 0 Å². The van der Waals surface area contributed by atoms with Crippen LogP contribution in [0.4, 0.5) is 5.69 Å². The van der Waals surface area contributed by atoms with Gasteiger partial charge in [0.1, 0.15) is 5.75 Å². The van der Waals surface area contributed by atoms with Gasteiger partial charge in [0.15, 0.2) is 0 Å². The monoisotopic (exact) mass is 412 g/mol. The van der Waals surface area contributed by atoms with Gasteiger partial charge in [-0.05, 0) is 61.1 Å². The van der Waals surface area contributed by atoms with Crippen molar-refractivity contribution >= 4 is 23.4 Å². The molecule has 0 radical (unpaired) electrons. The van der Waals surface area contributed by atoms with Crippen LogP contribution in [0.3, 0.4) is 0 Å². The largest absolute Gasteiger partial charge is 0.497 e. The van der Waals surface area contributed by atoms with Crippen molar-refractivity contribution in [2.45, 2.75) is 38.5 Å². The summed E-state index contributed by atoms with van der Waals surface area (Å²) in [7, 11) is 1.66. The number of ether oxygens (including phenoxy) is 1. The minimum Gasteiger partial charge on any atom is -0.497 e. The number of anilines is 1. The SMILES string of the molecule is COc1ccc(CSCC(=O)NC(C)c2ccc(N3CCCC(C)C3)cc2)cc1. The Bertz CT molecular complexity index is 776. The average Bonchev–Trinajstić information content (AvgIpc) is 2.74. The molecule has 3 rings (SSSR count). The van der Waals surface area contributed by atoms with E-state index < -0.39 is 0 Å². The van der Waals surface area contributed by atoms with Gasteiger partial charge in [0.25, 0.3) is 0 Å². The molecule has 1 N–H and O–H groups in total. The van der Waals surface area contributed by atoms with E-state index in [4.69, 9.17) is 4.74 Å². The smallest absolute Gasteiger partial charge is 0.230 e. The van der Waals surface area contributed by atoms with Gasteiger partial charge in [0.2, 0.25) is 5.91 Å². The first-order valence-corrected chi connectivity index (χ1v) is 11.6. The van der Waals surface area contributed by atoms with Crippen molar-refractivity contribution in [1.29, 1.82) is 0 Å². The number of amides is 1. The number of nitrogens with zero attached hydrogens (tertiary/aromatic N) is 1. The van der Waals surface area contributed by atoms with Crippen LogP contribution in [0.2, 0.25) is 0 Å². The van der Waals surface area contributed by atoms with Crippen LogP contribution in [-0.2, 0) is 10.5 Å². The third kappa shape index (κ3) is 6.43. The number of nitrogens with one attached hydrogen (secondary N) is 1. The first kappa shape index (κ1) is 21.6. The Hall–Kier alpha value is -2.14. The summed E-state index contributed by atoms with van der Waals surface area (Å²) in [6, 6.07) is 16.7. The lowest BCUT2D eigenvalue weighted by Crippen LogP contribution is -2.34. The van der Waals surface area contributed by atoms with E-state index in [0.29, 0.717) is 5.75 Å². The Morgan fingerprint density at radius 3 is 2.59 bits per heavy atom. The predicted molar refractivity (Wildman–Crippen MR) is 123 cm³/mol. The lowest BCUT2D eigenvalue weighted by atomic mass is 9.99. The second-order valence-corrected chi connectivity index (χ2v) is 8.90. The van der Waals surface area contributed by atoms with Gasteiger partial charge >= 0.3 is 0 Å². The maximum atomic E-state index is 12.3. The highest BCUT2D eigenvalue weighted by Gasteiger charge is 2.17. The average molecular weight is 413 g/mol. The highest BCUT2D eigenvalue weighted by atomic mass is 32.2. The van der Waals surface area contributed by atoms with E-state index in [-0.39, 0.29) is 11.9 Å². The zero-order valence-electron chi connectivity index (χ0n) is 17.7. The zero-order chi connectivity index (χ0) is 20.6. The number of thioether (sulfide) groups is 1. The Kier molecular flexibility index (Phi) is 7.87. The summed E-state index contributed by atoms with van der Waals surface area (Å²) < 4.78 is 5.17. The fourth-order valence-electron chi connectivity index (χ4n) is 3.75. The fraction of sp³-hybridized carbons (Fsp3) is 0.458. The van der Waals surface area contributed by atoms with Gasteiger partial charge in [-0.25, -0.2) is 0 Å². The molecule has 1 aliphatic heterocycles. The molecule has 0 saturated carbocycles. The Morgan fingerprint density at radius 2 is 1.93 bits per heavy atom. The second-order valence-electron chi connectivity index (χ2n) is 7.92. The molecule has 1 amide bonds. The van der Waals surface area contributed by atoms with Crippen LogP contribution in [0.1, 0.15) is 43.9 Å². The van der Waals surface area contributed by atoms with Crippen LogP contribution in [-0.4, -0.2) is 31.9 Å². The summed E-state index contributed by atoms with van der Waals surface area (Å²) in [6.07, 6.45) is 2.59. The van der Waals surface area contributed by atoms with Gasteiger partial charge in [-0.15, -0.1) is 11.8 Å². The van der Waals surface area contributed by atoms with Crippen molar-refractivity contribution in [1.82, 2.24) is 5.32 Å². The number of hydrogen-bond donors (Lipinski definition) is 1. The quantitative estimate of drug-likeness (QED) is 0.659. The summed E-state index contributed by atoms with van der Waals surface area (Å²) in [5.41, 5.74) is 3.63. The summed E-state index contributed by atoms with van der Waals surface area (Å²) in [5, 5.41) is 3.11. The Balaban J connectivity index is 1.43. The molecule has 1 fully saturated rings. The van der Waals surface area contributed by atoms with E-state index in [2.05, 4.69) is 41.4 Å². The Labute approximate surface area is 179 Å². The third-order valence-electron chi connectivity index (χ3n) is 5.45. The number of piperidine rings is 1. The molecule has 5 heteroatoms.